The molecule has 0 unspecified atom stereocenters. The lowest BCUT2D eigenvalue weighted by Crippen LogP contribution is -2.61. The predicted octanol–water partition coefficient (Wildman–Crippen LogP) is 27.6. The van der Waals surface area contributed by atoms with Gasteiger partial charge >= 0.3 is 0 Å². The van der Waals surface area contributed by atoms with Crippen LogP contribution in [0.4, 0.5) is 34.1 Å². The summed E-state index contributed by atoms with van der Waals surface area (Å²) in [5.41, 5.74) is 21.3. The first-order chi connectivity index (χ1) is 60.0. The molecule has 0 spiro atoms. The Morgan fingerprint density at radius 1 is 0.257 bits per heavy atom. The van der Waals surface area contributed by atoms with Gasteiger partial charge in [-0.15, -0.1) is 11.3 Å². The van der Waals surface area contributed by atoms with Crippen LogP contribution in [-0.2, 0) is 21.7 Å². The number of aromatic nitrogens is 3. The lowest BCUT2D eigenvalue weighted by atomic mass is 9.33. The van der Waals surface area contributed by atoms with E-state index in [0.29, 0.717) is 22.6 Å². The minimum Gasteiger partial charge on any atom is -0.311 e. The molecular weight excluding hydrogens is 1390 g/mol. The molecule has 21 rings (SSSR count). The number of fused-ring (bicyclic) bond motifs is 16. The van der Waals surface area contributed by atoms with Gasteiger partial charge in [-0.25, -0.2) is 0 Å². The van der Waals surface area contributed by atoms with E-state index in [4.69, 9.17) is 4.11 Å². The number of benzene rings is 15. The molecule has 0 radical (unpaired) electrons. The van der Waals surface area contributed by atoms with Crippen LogP contribution in [0.5, 0.6) is 0 Å². The van der Waals surface area contributed by atoms with Crippen molar-refractivity contribution in [1.82, 2.24) is 13.7 Å². The molecule has 0 bridgehead atoms. The Bertz CT molecular complexity index is 7710. The fourth-order valence-electron chi connectivity index (χ4n) is 17.9. The van der Waals surface area contributed by atoms with E-state index in [1.807, 2.05) is 66.7 Å². The van der Waals surface area contributed by atoms with E-state index in [2.05, 4.69) is 272 Å². The zero-order valence-corrected chi connectivity index (χ0v) is 66.1. The normalized spacial score (nSPS) is 14.9. The number of hydrogen-bond donors (Lipinski definition) is 0. The van der Waals surface area contributed by atoms with E-state index in [1.54, 1.807) is 15.9 Å². The molecule has 2 aliphatic heterocycles. The minimum atomic E-state index is -0.703. The fraction of sp³-hybridized carbons (Fsp3) is 0.151. The maximum absolute atomic E-state index is 9.94. The quantitative estimate of drug-likeness (QED) is 0.141. The summed E-state index contributed by atoms with van der Waals surface area (Å²) in [6, 6.07) is 78.5. The van der Waals surface area contributed by atoms with Gasteiger partial charge in [0.15, 0.2) is 0 Å². The average Bonchev–Trinajstić information content (AvgIpc) is 1.09. The molecule has 4 aromatic heterocycles. The summed E-state index contributed by atoms with van der Waals surface area (Å²) in [4.78, 5) is 4.68. The Balaban J connectivity index is 0.946. The third-order valence-electron chi connectivity index (χ3n) is 23.7. The zero-order chi connectivity index (χ0) is 88.2. The van der Waals surface area contributed by atoms with Gasteiger partial charge < -0.3 is 23.5 Å². The van der Waals surface area contributed by atoms with Crippen LogP contribution in [0.2, 0.25) is 0 Å². The molecule has 0 saturated carbocycles. The molecule has 0 N–H and O–H groups in total. The highest BCUT2D eigenvalue weighted by Crippen LogP contribution is 2.53. The molecule has 2 aliphatic rings. The molecule has 546 valence electrons. The first-order valence-corrected chi connectivity index (χ1v) is 39.8. The first-order valence-electron chi connectivity index (χ1n) is 45.5. The number of hydrogen-bond acceptors (Lipinski definition) is 3. The topological polar surface area (TPSA) is 21.3 Å². The summed E-state index contributed by atoms with van der Waals surface area (Å²) in [5.74, 6) is 0. The van der Waals surface area contributed by atoms with Crippen LogP contribution in [0.3, 0.4) is 0 Å². The standard InChI is InChI=1S/C106H88BN5S/c1-103(2,3)71-43-50-90-82(58-71)83-59-72(104(4,5)6)44-51-91(83)109(90)77-63-98-100-99(64-77)112(95-41-27-37-81-80-36-26-40-94(101(80)113-102(81)95)111-92-52-45-73(105(7,8)9)60-84(92)85-61-74(106(10,11)12)46-53-93(85)111)97-62-75(108-88-38-24-22-34-78(88)79-35-23-25-39-89(79)108)47-49-87(97)107(100)86-48-42-68(65-28-16-13-17-29-65)57-96(86)110(98)76-55-69(66-30-18-14-19-31-66)54-70(56-76)67-32-20-15-21-33-67/h13-64H,1-12H3/i13D,16D,17D,22D,23D,24D,25D,28D,29D,34D,35D,38D,39D. The Morgan fingerprint density at radius 2 is 0.681 bits per heavy atom. The van der Waals surface area contributed by atoms with Crippen molar-refractivity contribution in [2.45, 2.75) is 105 Å². The Hall–Kier alpha value is -12.4. The van der Waals surface area contributed by atoms with Gasteiger partial charge in [-0.1, -0.05) is 277 Å². The number of rotatable bonds is 8. The van der Waals surface area contributed by atoms with E-state index >= 15 is 0 Å². The molecule has 15 aromatic carbocycles. The van der Waals surface area contributed by atoms with E-state index < -0.39 is 73.2 Å². The van der Waals surface area contributed by atoms with Crippen molar-refractivity contribution in [2.75, 3.05) is 9.80 Å². The van der Waals surface area contributed by atoms with Crippen molar-refractivity contribution in [1.29, 1.82) is 0 Å². The van der Waals surface area contributed by atoms with Crippen molar-refractivity contribution >= 4 is 154 Å². The lowest BCUT2D eigenvalue weighted by Gasteiger charge is -2.45. The summed E-state index contributed by atoms with van der Waals surface area (Å²) < 4.78 is 131. The molecule has 0 amide bonds. The van der Waals surface area contributed by atoms with Crippen molar-refractivity contribution < 1.29 is 17.8 Å². The maximum atomic E-state index is 9.94. The SMILES string of the molecule is [2H]c1c([2H])c([2H])c(-c2ccc3c(c2)N(c2cc(-c4ccccc4)cc(-c4ccccc4)c2)c2cc(-n4c5ccc(C(C)(C)C)cc5c5cc(C(C)(C)C)ccc54)cc4c2B3c2ccc(-n3c5c([2H])c([2H])c([2H])c([2H])c5c5c([2H])c([2H])c([2H])c([2H])c53)cc2N4c2cccc3c2sc2c(-n4c5ccc(C(C)(C)C)cc5c5cc(C(C)(C)C)ccc54)cccc23)c([2H])c1[2H]. The maximum Gasteiger partial charge on any atom is 0.252 e. The smallest absolute Gasteiger partial charge is 0.252 e. The number of para-hydroxylation sites is 2. The molecule has 6 heterocycles. The lowest BCUT2D eigenvalue weighted by molar-refractivity contribution is 0.590. The number of anilines is 6. The van der Waals surface area contributed by atoms with Crippen molar-refractivity contribution in [3.05, 3.63) is 337 Å². The van der Waals surface area contributed by atoms with Crippen LogP contribution < -0.4 is 26.2 Å². The van der Waals surface area contributed by atoms with Crippen molar-refractivity contribution in [3.8, 4) is 50.4 Å². The molecule has 5 nitrogen and oxygen atoms in total. The monoisotopic (exact) mass is 1490 g/mol. The molecule has 0 saturated heterocycles. The first kappa shape index (κ1) is 55.9. The summed E-state index contributed by atoms with van der Waals surface area (Å²) in [5, 5.41) is 6.38. The highest BCUT2D eigenvalue weighted by Gasteiger charge is 2.45. The van der Waals surface area contributed by atoms with Crippen LogP contribution in [0, 0.1) is 0 Å². The van der Waals surface area contributed by atoms with Crippen LogP contribution >= 0.6 is 11.3 Å². The Morgan fingerprint density at radius 3 is 1.19 bits per heavy atom. The second-order valence-corrected chi connectivity index (χ2v) is 35.8. The third kappa shape index (κ3) is 10.9. The molecule has 0 aliphatic carbocycles. The Labute approximate surface area is 684 Å². The number of nitrogens with zero attached hydrogens (tertiary/aromatic N) is 5. The van der Waals surface area contributed by atoms with E-state index in [-0.39, 0.29) is 61.1 Å². The van der Waals surface area contributed by atoms with Gasteiger partial charge in [0, 0.05) is 77.2 Å². The van der Waals surface area contributed by atoms with E-state index in [9.17, 15) is 13.7 Å². The van der Waals surface area contributed by atoms with Crippen LogP contribution in [-0.4, -0.2) is 20.4 Å². The third-order valence-corrected chi connectivity index (χ3v) is 25.0. The van der Waals surface area contributed by atoms with Crippen molar-refractivity contribution in [3.63, 3.8) is 0 Å². The highest BCUT2D eigenvalue weighted by atomic mass is 32.1. The average molecular weight is 1490 g/mol. The van der Waals surface area contributed by atoms with E-state index in [0.717, 1.165) is 137 Å². The minimum absolute atomic E-state index is 0.0224. The summed E-state index contributed by atoms with van der Waals surface area (Å²) in [7, 11) is 0. The van der Waals surface area contributed by atoms with Gasteiger partial charge in [0.1, 0.15) is 0 Å². The van der Waals surface area contributed by atoms with Crippen LogP contribution in [0.15, 0.2) is 315 Å². The highest BCUT2D eigenvalue weighted by molar-refractivity contribution is 7.27. The summed E-state index contributed by atoms with van der Waals surface area (Å²) in [6.07, 6.45) is 0. The molecular formula is C106H88BN5S. The predicted molar refractivity (Wildman–Crippen MR) is 487 cm³/mol. The molecule has 0 atom stereocenters. The largest absolute Gasteiger partial charge is 0.311 e. The molecule has 19 aromatic rings. The second kappa shape index (κ2) is 25.0. The van der Waals surface area contributed by atoms with Gasteiger partial charge in [0.05, 0.1) is 77.4 Å². The molecule has 113 heavy (non-hydrogen) atoms. The van der Waals surface area contributed by atoms with Crippen molar-refractivity contribution in [2.24, 2.45) is 0 Å². The molecule has 0 fully saturated rings. The number of thiophene rings is 1. The summed E-state index contributed by atoms with van der Waals surface area (Å²) in [6.45, 7) is 26.3. The van der Waals surface area contributed by atoms with Gasteiger partial charge in [-0.05, 0) is 215 Å². The zero-order valence-electron chi connectivity index (χ0n) is 78.2. The second-order valence-electron chi connectivity index (χ2n) is 34.8. The van der Waals surface area contributed by atoms with Crippen LogP contribution in [0.25, 0.3) is 136 Å². The summed E-state index contributed by atoms with van der Waals surface area (Å²) >= 11 is 1.71. The van der Waals surface area contributed by atoms with Gasteiger partial charge in [0.25, 0.3) is 6.71 Å². The van der Waals surface area contributed by atoms with E-state index in [1.165, 1.54) is 22.3 Å². The Kier molecular flexibility index (Phi) is 12.4. The van der Waals surface area contributed by atoms with Crippen LogP contribution in [0.1, 0.15) is 123 Å². The van der Waals surface area contributed by atoms with Gasteiger partial charge in [-0.2, -0.15) is 0 Å². The fourth-order valence-corrected chi connectivity index (χ4v) is 19.2. The molecule has 7 heteroatoms. The van der Waals surface area contributed by atoms with Gasteiger partial charge in [0.2, 0.25) is 0 Å². The van der Waals surface area contributed by atoms with Gasteiger partial charge in [-0.3, -0.25) is 0 Å².